The van der Waals surface area contributed by atoms with Gasteiger partial charge in [-0.25, -0.2) is 14.2 Å². The summed E-state index contributed by atoms with van der Waals surface area (Å²) in [6.07, 6.45) is 4.55. The number of fused-ring (bicyclic) bond motifs is 1. The largest absolute Gasteiger partial charge is 0.486 e. The van der Waals surface area contributed by atoms with Gasteiger partial charge in [0.1, 0.15) is 18.0 Å². The summed E-state index contributed by atoms with van der Waals surface area (Å²) in [5.41, 5.74) is 0.357. The lowest BCUT2D eigenvalue weighted by Crippen LogP contribution is -2.53. The molecule has 1 aromatic carbocycles. The van der Waals surface area contributed by atoms with Crippen molar-refractivity contribution in [1.82, 2.24) is 19.6 Å². The molecule has 0 bridgehead atoms. The van der Waals surface area contributed by atoms with E-state index in [2.05, 4.69) is 15.2 Å². The van der Waals surface area contributed by atoms with Crippen molar-refractivity contribution in [3.05, 3.63) is 64.0 Å². The third-order valence-corrected chi connectivity index (χ3v) is 7.81. The highest BCUT2D eigenvalue weighted by Gasteiger charge is 2.33. The van der Waals surface area contributed by atoms with Crippen LogP contribution in [-0.2, 0) is 16.1 Å². The molecule has 2 saturated heterocycles. The number of carbonyl (C=O) groups is 3. The maximum Gasteiger partial charge on any atom is 0.410 e. The Morgan fingerprint density at radius 3 is 2.41 bits per heavy atom. The number of rotatable bonds is 9. The van der Waals surface area contributed by atoms with Crippen LogP contribution in [0.15, 0.2) is 41.3 Å². The van der Waals surface area contributed by atoms with Crippen LogP contribution >= 0.6 is 0 Å². The summed E-state index contributed by atoms with van der Waals surface area (Å²) < 4.78 is 26.1. The summed E-state index contributed by atoms with van der Waals surface area (Å²) in [6.45, 7) is 9.24. The molecule has 12 nitrogen and oxygen atoms in total. The Labute approximate surface area is 267 Å². The number of piperazine rings is 1. The fraction of sp³-hybridized carbons (Fsp3) is 0.485. The van der Waals surface area contributed by atoms with Gasteiger partial charge >= 0.3 is 11.7 Å². The van der Waals surface area contributed by atoms with Crippen LogP contribution in [0.25, 0.3) is 5.65 Å². The summed E-state index contributed by atoms with van der Waals surface area (Å²) in [6, 6.07) is 7.51. The maximum absolute atomic E-state index is 14.1. The van der Waals surface area contributed by atoms with Crippen LogP contribution in [0.1, 0.15) is 69.4 Å². The SMILES string of the molecule is CCCCOc1c(C(=O)NCc2ccc(F)cc2)nc2c(N3CCN(C(=O)OC(C)(C)C)CC3=O)cc(N3CCCC3)cn2c1=O. The second-order valence-corrected chi connectivity index (χ2v) is 12.5. The van der Waals surface area contributed by atoms with Crippen molar-refractivity contribution in [2.75, 3.05) is 49.1 Å². The lowest BCUT2D eigenvalue weighted by Gasteiger charge is -2.35. The molecule has 0 radical (unpaired) electrons. The van der Waals surface area contributed by atoms with Crippen LogP contribution < -0.4 is 25.4 Å². The van der Waals surface area contributed by atoms with Crippen LogP contribution in [0.3, 0.4) is 0 Å². The number of aromatic nitrogens is 2. The Hall–Kier alpha value is -4.68. The molecule has 5 rings (SSSR count). The highest BCUT2D eigenvalue weighted by Crippen LogP contribution is 2.31. The van der Waals surface area contributed by atoms with Crippen LogP contribution in [0.4, 0.5) is 20.6 Å². The number of benzene rings is 1. The summed E-state index contributed by atoms with van der Waals surface area (Å²) in [4.78, 5) is 63.7. The molecule has 0 atom stereocenters. The molecule has 4 heterocycles. The number of nitrogens with one attached hydrogen (secondary N) is 1. The van der Waals surface area contributed by atoms with E-state index in [9.17, 15) is 23.6 Å². The first-order valence-corrected chi connectivity index (χ1v) is 15.7. The van der Waals surface area contributed by atoms with Crippen molar-refractivity contribution in [2.45, 2.75) is 65.5 Å². The molecule has 2 aliphatic heterocycles. The van der Waals surface area contributed by atoms with Crippen LogP contribution in [-0.4, -0.2) is 77.1 Å². The fourth-order valence-corrected chi connectivity index (χ4v) is 5.42. The zero-order valence-corrected chi connectivity index (χ0v) is 26.8. The highest BCUT2D eigenvalue weighted by molar-refractivity contribution is 6.01. The zero-order chi connectivity index (χ0) is 33.0. The molecule has 0 spiro atoms. The van der Waals surface area contributed by atoms with Crippen LogP contribution in [0, 0.1) is 5.82 Å². The Kier molecular flexibility index (Phi) is 9.78. The minimum absolute atomic E-state index is 0.0699. The van der Waals surface area contributed by atoms with E-state index in [0.717, 1.165) is 38.0 Å². The third kappa shape index (κ3) is 7.40. The smallest absolute Gasteiger partial charge is 0.410 e. The second kappa shape index (κ2) is 13.8. The molecule has 0 saturated carbocycles. The van der Waals surface area contributed by atoms with Crippen LogP contribution in [0.5, 0.6) is 5.75 Å². The molecule has 0 unspecified atom stereocenters. The standard InChI is InChI=1S/C33H41FN6O6/c1-5-6-17-45-28-27(30(42)35-19-22-9-11-23(34)12-10-22)36-29-25(18-24(20-40(29)31(28)43)37-13-7-8-14-37)39-16-15-38(21-26(39)41)32(44)46-33(2,3)4/h9-12,18,20H,5-8,13-17,19,21H2,1-4H3,(H,35,42). The Balaban J connectivity index is 1.56. The van der Waals surface area contributed by atoms with Crippen molar-refractivity contribution >= 4 is 34.9 Å². The summed E-state index contributed by atoms with van der Waals surface area (Å²) in [5, 5.41) is 2.76. The Morgan fingerprint density at radius 1 is 1.04 bits per heavy atom. The summed E-state index contributed by atoms with van der Waals surface area (Å²) in [7, 11) is 0. The van der Waals surface area contributed by atoms with E-state index in [1.54, 1.807) is 39.1 Å². The van der Waals surface area contributed by atoms with Gasteiger partial charge in [0.05, 0.1) is 18.0 Å². The van der Waals surface area contributed by atoms with Gasteiger partial charge in [-0.2, -0.15) is 0 Å². The maximum atomic E-state index is 14.1. The van der Waals surface area contributed by atoms with Gasteiger partial charge in [0.25, 0.3) is 5.91 Å². The van der Waals surface area contributed by atoms with Crippen molar-refractivity contribution in [2.24, 2.45) is 0 Å². The van der Waals surface area contributed by atoms with Crippen molar-refractivity contribution in [3.63, 3.8) is 0 Å². The van der Waals surface area contributed by atoms with Crippen molar-refractivity contribution in [3.8, 4) is 5.75 Å². The van der Waals surface area contributed by atoms with E-state index in [4.69, 9.17) is 9.47 Å². The molecule has 2 fully saturated rings. The predicted molar refractivity (Wildman–Crippen MR) is 171 cm³/mol. The molecule has 3 aromatic rings. The van der Waals surface area contributed by atoms with E-state index < -0.39 is 29.0 Å². The summed E-state index contributed by atoms with van der Waals surface area (Å²) in [5.74, 6) is -1.61. The topological polar surface area (TPSA) is 126 Å². The molecular formula is C33H41FN6O6. The zero-order valence-electron chi connectivity index (χ0n) is 26.8. The number of hydrogen-bond acceptors (Lipinski definition) is 8. The van der Waals surface area contributed by atoms with Crippen molar-refractivity contribution < 1.29 is 28.2 Å². The molecule has 1 N–H and O–H groups in total. The number of nitrogens with zero attached hydrogens (tertiary/aromatic N) is 5. The van der Waals surface area contributed by atoms with Gasteiger partial charge in [-0.3, -0.25) is 23.7 Å². The van der Waals surface area contributed by atoms with E-state index in [-0.39, 0.29) is 55.8 Å². The average Bonchev–Trinajstić information content (AvgIpc) is 3.56. The second-order valence-electron chi connectivity index (χ2n) is 12.5. The number of ether oxygens (including phenoxy) is 2. The molecule has 13 heteroatoms. The van der Waals surface area contributed by atoms with E-state index in [1.165, 1.54) is 26.3 Å². The lowest BCUT2D eigenvalue weighted by atomic mass is 10.2. The number of hydrogen-bond donors (Lipinski definition) is 1. The minimum Gasteiger partial charge on any atom is -0.486 e. The normalized spacial score (nSPS) is 15.4. The van der Waals surface area contributed by atoms with Gasteiger partial charge in [0.15, 0.2) is 11.3 Å². The lowest BCUT2D eigenvalue weighted by molar-refractivity contribution is -0.121. The predicted octanol–water partition coefficient (Wildman–Crippen LogP) is 4.13. The molecule has 3 amide bonds. The van der Waals surface area contributed by atoms with Gasteiger partial charge in [0, 0.05) is 38.9 Å². The average molecular weight is 637 g/mol. The van der Waals surface area contributed by atoms with Gasteiger partial charge in [-0.05, 0) is 63.8 Å². The Bertz CT molecular complexity index is 1660. The third-order valence-electron chi connectivity index (χ3n) is 7.81. The molecule has 246 valence electrons. The molecule has 46 heavy (non-hydrogen) atoms. The highest BCUT2D eigenvalue weighted by atomic mass is 19.1. The summed E-state index contributed by atoms with van der Waals surface area (Å²) >= 11 is 0. The molecule has 0 aliphatic carbocycles. The first-order valence-electron chi connectivity index (χ1n) is 15.7. The van der Waals surface area contributed by atoms with Crippen molar-refractivity contribution in [1.29, 1.82) is 0 Å². The first kappa shape index (κ1) is 32.7. The number of halogens is 1. The monoisotopic (exact) mass is 636 g/mol. The minimum atomic E-state index is -0.715. The van der Waals surface area contributed by atoms with Crippen LogP contribution in [0.2, 0.25) is 0 Å². The molecule has 2 aliphatic rings. The molecular weight excluding hydrogens is 595 g/mol. The number of pyridine rings is 1. The van der Waals surface area contributed by atoms with Gasteiger partial charge in [-0.1, -0.05) is 25.5 Å². The fourth-order valence-electron chi connectivity index (χ4n) is 5.42. The molecule has 2 aromatic heterocycles. The number of amides is 3. The van der Waals surface area contributed by atoms with E-state index >= 15 is 0 Å². The van der Waals surface area contributed by atoms with Gasteiger partial charge < -0.3 is 24.6 Å². The Morgan fingerprint density at radius 2 is 1.76 bits per heavy atom. The number of carbonyl (C=O) groups excluding carboxylic acids is 3. The van der Waals surface area contributed by atoms with Gasteiger partial charge in [-0.15, -0.1) is 0 Å². The number of anilines is 2. The van der Waals surface area contributed by atoms with E-state index in [1.807, 2.05) is 13.0 Å². The number of unbranched alkanes of at least 4 members (excludes halogenated alkanes) is 1. The quantitative estimate of drug-likeness (QED) is 0.348. The first-order chi connectivity index (χ1) is 21.9. The van der Waals surface area contributed by atoms with Gasteiger partial charge in [0.2, 0.25) is 11.7 Å². The van der Waals surface area contributed by atoms with E-state index in [0.29, 0.717) is 17.7 Å².